The number of aliphatic hydroxyl groups is 1. The van der Waals surface area contributed by atoms with Gasteiger partial charge in [-0.2, -0.15) is 0 Å². The predicted molar refractivity (Wildman–Crippen MR) is 64.5 cm³/mol. The van der Waals surface area contributed by atoms with Crippen molar-refractivity contribution in [3.63, 3.8) is 0 Å². The van der Waals surface area contributed by atoms with Crippen molar-refractivity contribution in [1.29, 1.82) is 0 Å². The van der Waals surface area contributed by atoms with Gasteiger partial charge < -0.3 is 9.84 Å². The van der Waals surface area contributed by atoms with Crippen molar-refractivity contribution in [1.82, 2.24) is 4.31 Å². The van der Waals surface area contributed by atoms with Crippen LogP contribution in [0.4, 0.5) is 0 Å². The van der Waals surface area contributed by atoms with Crippen LogP contribution in [-0.4, -0.2) is 45.1 Å². The summed E-state index contributed by atoms with van der Waals surface area (Å²) in [7, 11) is -0.407. The van der Waals surface area contributed by atoms with E-state index in [0.29, 0.717) is 18.8 Å². The van der Waals surface area contributed by atoms with E-state index in [1.54, 1.807) is 12.1 Å². The van der Waals surface area contributed by atoms with Gasteiger partial charge in [0.15, 0.2) is 0 Å². The van der Waals surface area contributed by atoms with E-state index in [4.69, 9.17) is 9.84 Å². The smallest absolute Gasteiger partial charge is 0.242 e. The molecule has 0 heterocycles. The number of ether oxygens (including phenoxy) is 1. The van der Waals surface area contributed by atoms with E-state index in [1.165, 1.54) is 26.2 Å². The summed E-state index contributed by atoms with van der Waals surface area (Å²) < 4.78 is 30.0. The normalized spacial score (nSPS) is 11.8. The average Bonchev–Trinajstić information content (AvgIpc) is 2.30. The zero-order valence-corrected chi connectivity index (χ0v) is 10.8. The molecule has 5 nitrogen and oxygen atoms in total. The van der Waals surface area contributed by atoms with Crippen LogP contribution in [0.3, 0.4) is 0 Å². The van der Waals surface area contributed by atoms with Gasteiger partial charge in [0, 0.05) is 27.1 Å². The van der Waals surface area contributed by atoms with Gasteiger partial charge in [0.05, 0.1) is 11.5 Å². The summed E-state index contributed by atoms with van der Waals surface area (Å²) in [4.78, 5) is 0.233. The molecular formula is C11H17NO4S. The summed E-state index contributed by atoms with van der Waals surface area (Å²) in [6.45, 7) is 0.489. The molecule has 0 atom stereocenters. The van der Waals surface area contributed by atoms with E-state index in [9.17, 15) is 8.42 Å². The zero-order chi connectivity index (χ0) is 12.9. The lowest BCUT2D eigenvalue weighted by Gasteiger charge is -2.11. The number of rotatable bonds is 6. The monoisotopic (exact) mass is 259 g/mol. The van der Waals surface area contributed by atoms with Crippen LogP contribution in [0.2, 0.25) is 0 Å². The zero-order valence-electron chi connectivity index (χ0n) is 9.96. The fourth-order valence-corrected chi connectivity index (χ4v) is 2.07. The third kappa shape index (κ3) is 3.69. The molecule has 0 aromatic heterocycles. The number of hydrogen-bond acceptors (Lipinski definition) is 4. The second-order valence-corrected chi connectivity index (χ2v) is 5.84. The molecule has 1 aromatic carbocycles. The molecule has 0 saturated carbocycles. The van der Waals surface area contributed by atoms with Crippen LogP contribution in [0.5, 0.6) is 5.75 Å². The summed E-state index contributed by atoms with van der Waals surface area (Å²) in [6.07, 6.45) is 0.553. The highest BCUT2D eigenvalue weighted by Crippen LogP contribution is 2.18. The number of hydrogen-bond donors (Lipinski definition) is 1. The molecule has 0 spiro atoms. The fourth-order valence-electron chi connectivity index (χ4n) is 1.17. The van der Waals surface area contributed by atoms with Crippen LogP contribution in [0.1, 0.15) is 6.42 Å². The van der Waals surface area contributed by atoms with Crippen molar-refractivity contribution in [2.45, 2.75) is 11.3 Å². The lowest BCUT2D eigenvalue weighted by Crippen LogP contribution is -2.22. The summed E-state index contributed by atoms with van der Waals surface area (Å²) in [5, 5.41) is 8.59. The van der Waals surface area contributed by atoms with E-state index < -0.39 is 10.0 Å². The summed E-state index contributed by atoms with van der Waals surface area (Å²) in [6, 6.07) is 6.22. The van der Waals surface area contributed by atoms with E-state index in [0.717, 1.165) is 4.31 Å². The van der Waals surface area contributed by atoms with E-state index in [1.807, 2.05) is 0 Å². The van der Waals surface area contributed by atoms with Crippen molar-refractivity contribution < 1.29 is 18.3 Å². The first-order valence-corrected chi connectivity index (χ1v) is 6.68. The molecule has 0 bridgehead atoms. The Morgan fingerprint density at radius 2 is 1.82 bits per heavy atom. The Labute approximate surface area is 102 Å². The van der Waals surface area contributed by atoms with Crippen LogP contribution < -0.4 is 4.74 Å². The molecule has 0 aliphatic rings. The Balaban J connectivity index is 2.75. The van der Waals surface area contributed by atoms with Crippen LogP contribution in [-0.2, 0) is 10.0 Å². The first-order chi connectivity index (χ1) is 7.98. The predicted octanol–water partition coefficient (Wildman–Crippen LogP) is 0.698. The summed E-state index contributed by atoms with van der Waals surface area (Å²) >= 11 is 0. The van der Waals surface area contributed by atoms with Crippen LogP contribution in [0.25, 0.3) is 0 Å². The topological polar surface area (TPSA) is 66.8 Å². The molecule has 0 aliphatic heterocycles. The molecule has 0 aliphatic carbocycles. The van der Waals surface area contributed by atoms with Crippen molar-refractivity contribution in [3.8, 4) is 5.75 Å². The Bertz CT molecular complexity index is 439. The van der Waals surface area contributed by atoms with Gasteiger partial charge in [0.2, 0.25) is 10.0 Å². The number of benzene rings is 1. The fraction of sp³-hybridized carbons (Fsp3) is 0.455. The van der Waals surface area contributed by atoms with Gasteiger partial charge in [0.1, 0.15) is 5.75 Å². The molecule has 1 rings (SSSR count). The Kier molecular flexibility index (Phi) is 4.92. The maximum absolute atomic E-state index is 11.8. The highest BCUT2D eigenvalue weighted by atomic mass is 32.2. The maximum Gasteiger partial charge on any atom is 0.242 e. The van der Waals surface area contributed by atoms with Crippen LogP contribution in [0, 0.1) is 0 Å². The molecular weight excluding hydrogens is 242 g/mol. The van der Waals surface area contributed by atoms with E-state index in [2.05, 4.69) is 0 Å². The molecule has 96 valence electrons. The van der Waals surface area contributed by atoms with E-state index >= 15 is 0 Å². The largest absolute Gasteiger partial charge is 0.494 e. The van der Waals surface area contributed by atoms with Gasteiger partial charge in [0.25, 0.3) is 0 Å². The van der Waals surface area contributed by atoms with Gasteiger partial charge in [-0.3, -0.25) is 0 Å². The maximum atomic E-state index is 11.8. The lowest BCUT2D eigenvalue weighted by molar-refractivity contribution is 0.233. The molecule has 1 N–H and O–H groups in total. The van der Waals surface area contributed by atoms with Gasteiger partial charge in [-0.05, 0) is 24.3 Å². The molecule has 17 heavy (non-hydrogen) atoms. The average molecular weight is 259 g/mol. The van der Waals surface area contributed by atoms with Crippen LogP contribution in [0.15, 0.2) is 29.2 Å². The van der Waals surface area contributed by atoms with Gasteiger partial charge >= 0.3 is 0 Å². The Hall–Kier alpha value is -1.11. The number of aliphatic hydroxyl groups excluding tert-OH is 1. The number of sulfonamides is 1. The third-order valence-corrected chi connectivity index (χ3v) is 4.00. The third-order valence-electron chi connectivity index (χ3n) is 2.17. The first-order valence-electron chi connectivity index (χ1n) is 5.24. The highest BCUT2D eigenvalue weighted by Gasteiger charge is 2.16. The van der Waals surface area contributed by atoms with Gasteiger partial charge in [-0.15, -0.1) is 0 Å². The lowest BCUT2D eigenvalue weighted by atomic mass is 10.3. The van der Waals surface area contributed by atoms with Gasteiger partial charge in [-0.1, -0.05) is 0 Å². The standard InChI is InChI=1S/C11H17NO4S/c1-12(2)17(14,15)11-6-4-10(5-7-11)16-9-3-8-13/h4-7,13H,3,8-9H2,1-2H3. The Morgan fingerprint density at radius 3 is 2.29 bits per heavy atom. The van der Waals surface area contributed by atoms with Crippen molar-refractivity contribution >= 4 is 10.0 Å². The quantitative estimate of drug-likeness (QED) is 0.764. The minimum atomic E-state index is -3.38. The molecule has 0 unspecified atom stereocenters. The van der Waals surface area contributed by atoms with Crippen molar-refractivity contribution in [3.05, 3.63) is 24.3 Å². The second kappa shape index (κ2) is 6.00. The molecule has 0 radical (unpaired) electrons. The minimum Gasteiger partial charge on any atom is -0.494 e. The number of nitrogens with zero attached hydrogens (tertiary/aromatic N) is 1. The molecule has 6 heteroatoms. The highest BCUT2D eigenvalue weighted by molar-refractivity contribution is 7.89. The first kappa shape index (κ1) is 14.0. The summed E-state index contributed by atoms with van der Waals surface area (Å²) in [5.74, 6) is 0.594. The SMILES string of the molecule is CN(C)S(=O)(=O)c1ccc(OCCCO)cc1. The second-order valence-electron chi connectivity index (χ2n) is 3.68. The minimum absolute atomic E-state index is 0.0765. The van der Waals surface area contributed by atoms with Crippen molar-refractivity contribution in [2.75, 3.05) is 27.3 Å². The molecule has 0 fully saturated rings. The molecule has 1 aromatic rings. The molecule has 0 amide bonds. The van der Waals surface area contributed by atoms with Crippen LogP contribution >= 0.6 is 0 Å². The van der Waals surface area contributed by atoms with Crippen molar-refractivity contribution in [2.24, 2.45) is 0 Å². The van der Waals surface area contributed by atoms with E-state index in [-0.39, 0.29) is 11.5 Å². The molecule has 0 saturated heterocycles. The Morgan fingerprint density at radius 1 is 1.24 bits per heavy atom. The summed E-state index contributed by atoms with van der Waals surface area (Å²) in [5.41, 5.74) is 0. The van der Waals surface area contributed by atoms with Gasteiger partial charge in [-0.25, -0.2) is 12.7 Å².